The number of rotatable bonds is 8. The minimum absolute atomic E-state index is 0.505. The standard InChI is InChI=1S/C13H22O2/c1-12(2)7-6-9-13(3)8-4-5-10-15-11-14/h7-8,11H,4-6,9-10H2,1-3H3/b13-8+. The van der Waals surface area contributed by atoms with Crippen LogP contribution < -0.4 is 0 Å². The molecule has 0 radical (unpaired) electrons. The first-order chi connectivity index (χ1) is 7.16. The zero-order valence-electron chi connectivity index (χ0n) is 10.1. The summed E-state index contributed by atoms with van der Waals surface area (Å²) in [6.45, 7) is 7.43. The average molecular weight is 210 g/mol. The monoisotopic (exact) mass is 210 g/mol. The maximum atomic E-state index is 9.86. The maximum absolute atomic E-state index is 9.86. The molecular formula is C13H22O2. The lowest BCUT2D eigenvalue weighted by molar-refractivity contribution is -0.128. The van der Waals surface area contributed by atoms with Crippen molar-refractivity contribution in [2.75, 3.05) is 6.61 Å². The quantitative estimate of drug-likeness (QED) is 0.347. The highest BCUT2D eigenvalue weighted by molar-refractivity contribution is 5.36. The van der Waals surface area contributed by atoms with Gasteiger partial charge in [0.2, 0.25) is 0 Å². The van der Waals surface area contributed by atoms with Crippen LogP contribution in [0.1, 0.15) is 46.5 Å². The molecule has 0 aliphatic carbocycles. The van der Waals surface area contributed by atoms with Gasteiger partial charge in [-0.05, 0) is 46.5 Å². The molecule has 0 saturated carbocycles. The van der Waals surface area contributed by atoms with Gasteiger partial charge in [0.05, 0.1) is 6.61 Å². The van der Waals surface area contributed by atoms with Crippen LogP contribution in [-0.2, 0) is 9.53 Å². The van der Waals surface area contributed by atoms with E-state index >= 15 is 0 Å². The highest BCUT2D eigenvalue weighted by atomic mass is 16.5. The minimum atomic E-state index is 0.505. The summed E-state index contributed by atoms with van der Waals surface area (Å²) in [6, 6.07) is 0. The van der Waals surface area contributed by atoms with Gasteiger partial charge in [-0.25, -0.2) is 0 Å². The summed E-state index contributed by atoms with van der Waals surface area (Å²) in [5.41, 5.74) is 2.79. The largest absolute Gasteiger partial charge is 0.468 e. The van der Waals surface area contributed by atoms with Crippen molar-refractivity contribution in [3.63, 3.8) is 0 Å². The van der Waals surface area contributed by atoms with Gasteiger partial charge in [0.15, 0.2) is 0 Å². The summed E-state index contributed by atoms with van der Waals surface area (Å²) in [7, 11) is 0. The molecule has 0 saturated heterocycles. The molecular weight excluding hydrogens is 188 g/mol. The van der Waals surface area contributed by atoms with E-state index in [0.717, 1.165) is 25.7 Å². The number of carbonyl (C=O) groups excluding carboxylic acids is 1. The van der Waals surface area contributed by atoms with E-state index in [-0.39, 0.29) is 0 Å². The fourth-order valence-corrected chi connectivity index (χ4v) is 1.25. The van der Waals surface area contributed by atoms with Crippen LogP contribution in [0.25, 0.3) is 0 Å². The lowest BCUT2D eigenvalue weighted by Gasteiger charge is -1.99. The molecule has 0 aromatic rings. The molecule has 0 heterocycles. The molecule has 0 rings (SSSR count). The SMILES string of the molecule is CC(C)=CCC/C(C)=C/CCCOC=O. The number of unbranched alkanes of at least 4 members (excludes halogenated alkanes) is 1. The third kappa shape index (κ3) is 10.9. The molecule has 0 fully saturated rings. The third-order valence-corrected chi connectivity index (χ3v) is 2.12. The topological polar surface area (TPSA) is 26.3 Å². The van der Waals surface area contributed by atoms with E-state index in [4.69, 9.17) is 0 Å². The summed E-state index contributed by atoms with van der Waals surface area (Å²) < 4.78 is 4.61. The lowest BCUT2D eigenvalue weighted by atomic mass is 10.1. The Hall–Kier alpha value is -1.05. The summed E-state index contributed by atoms with van der Waals surface area (Å²) in [4.78, 5) is 9.86. The smallest absolute Gasteiger partial charge is 0.293 e. The van der Waals surface area contributed by atoms with Gasteiger partial charge in [0.1, 0.15) is 0 Å². The molecule has 0 aromatic carbocycles. The number of allylic oxidation sites excluding steroid dienone is 4. The van der Waals surface area contributed by atoms with Gasteiger partial charge < -0.3 is 4.74 Å². The maximum Gasteiger partial charge on any atom is 0.293 e. The second-order valence-corrected chi connectivity index (χ2v) is 3.98. The van der Waals surface area contributed by atoms with Gasteiger partial charge in [-0.2, -0.15) is 0 Å². The minimum Gasteiger partial charge on any atom is -0.468 e. The van der Waals surface area contributed by atoms with Crippen molar-refractivity contribution < 1.29 is 9.53 Å². The van der Waals surface area contributed by atoms with Gasteiger partial charge in [-0.1, -0.05) is 23.3 Å². The van der Waals surface area contributed by atoms with Gasteiger partial charge in [-0.3, -0.25) is 4.79 Å². The van der Waals surface area contributed by atoms with Crippen LogP contribution in [0.15, 0.2) is 23.3 Å². The first-order valence-corrected chi connectivity index (χ1v) is 5.51. The Morgan fingerprint density at radius 2 is 1.87 bits per heavy atom. The van der Waals surface area contributed by atoms with Gasteiger partial charge >= 0.3 is 0 Å². The number of carbonyl (C=O) groups is 1. The molecule has 0 N–H and O–H groups in total. The molecule has 0 aromatic heterocycles. The Morgan fingerprint density at radius 3 is 2.47 bits per heavy atom. The van der Waals surface area contributed by atoms with Crippen LogP contribution in [0.5, 0.6) is 0 Å². The van der Waals surface area contributed by atoms with Crippen LogP contribution >= 0.6 is 0 Å². The number of ether oxygens (including phenoxy) is 1. The summed E-state index contributed by atoms with van der Waals surface area (Å²) >= 11 is 0. The Kier molecular flexibility index (Phi) is 8.84. The molecule has 0 aliphatic rings. The van der Waals surface area contributed by atoms with E-state index in [9.17, 15) is 4.79 Å². The van der Waals surface area contributed by atoms with Crippen molar-refractivity contribution in [1.29, 1.82) is 0 Å². The highest BCUT2D eigenvalue weighted by Gasteiger charge is 1.90. The average Bonchev–Trinajstić information content (AvgIpc) is 2.17. The first kappa shape index (κ1) is 13.9. The van der Waals surface area contributed by atoms with Gasteiger partial charge in [-0.15, -0.1) is 0 Å². The number of hydrogen-bond donors (Lipinski definition) is 0. The van der Waals surface area contributed by atoms with Crippen molar-refractivity contribution in [2.24, 2.45) is 0 Å². The molecule has 86 valence electrons. The molecule has 0 atom stereocenters. The van der Waals surface area contributed by atoms with Crippen LogP contribution in [0.3, 0.4) is 0 Å². The molecule has 15 heavy (non-hydrogen) atoms. The Balaban J connectivity index is 3.52. The summed E-state index contributed by atoms with van der Waals surface area (Å²) in [5, 5.41) is 0. The Labute approximate surface area is 93.0 Å². The highest BCUT2D eigenvalue weighted by Crippen LogP contribution is 2.08. The summed E-state index contributed by atoms with van der Waals surface area (Å²) in [6.07, 6.45) is 8.64. The van der Waals surface area contributed by atoms with Crippen LogP contribution in [0.2, 0.25) is 0 Å². The van der Waals surface area contributed by atoms with Crippen molar-refractivity contribution in [3.8, 4) is 0 Å². The van der Waals surface area contributed by atoms with Gasteiger partial charge in [0, 0.05) is 0 Å². The molecule has 0 bridgehead atoms. The van der Waals surface area contributed by atoms with Gasteiger partial charge in [0.25, 0.3) is 6.47 Å². The van der Waals surface area contributed by atoms with Crippen molar-refractivity contribution in [2.45, 2.75) is 46.5 Å². The Bertz CT molecular complexity index is 223. The van der Waals surface area contributed by atoms with Crippen LogP contribution in [-0.4, -0.2) is 13.1 Å². The normalized spacial score (nSPS) is 11.0. The van der Waals surface area contributed by atoms with E-state index in [1.54, 1.807) is 0 Å². The third-order valence-electron chi connectivity index (χ3n) is 2.12. The zero-order valence-corrected chi connectivity index (χ0v) is 10.1. The second kappa shape index (κ2) is 9.50. The molecule has 2 nitrogen and oxygen atoms in total. The fourth-order valence-electron chi connectivity index (χ4n) is 1.25. The lowest BCUT2D eigenvalue weighted by Crippen LogP contribution is -1.90. The fraction of sp³-hybridized carbons (Fsp3) is 0.615. The van der Waals surface area contributed by atoms with Crippen molar-refractivity contribution in [3.05, 3.63) is 23.3 Å². The molecule has 2 heteroatoms. The first-order valence-electron chi connectivity index (χ1n) is 5.51. The zero-order chi connectivity index (χ0) is 11.5. The Morgan fingerprint density at radius 1 is 1.13 bits per heavy atom. The van der Waals surface area contributed by atoms with E-state index in [1.165, 1.54) is 11.1 Å². The van der Waals surface area contributed by atoms with Crippen LogP contribution in [0.4, 0.5) is 0 Å². The summed E-state index contributed by atoms with van der Waals surface area (Å²) in [5.74, 6) is 0. The van der Waals surface area contributed by atoms with Crippen molar-refractivity contribution in [1.82, 2.24) is 0 Å². The predicted octanol–water partition coefficient (Wildman–Crippen LogP) is 3.63. The van der Waals surface area contributed by atoms with E-state index in [0.29, 0.717) is 13.1 Å². The van der Waals surface area contributed by atoms with Crippen LogP contribution in [0, 0.1) is 0 Å². The molecule has 0 aliphatic heterocycles. The van der Waals surface area contributed by atoms with E-state index < -0.39 is 0 Å². The van der Waals surface area contributed by atoms with Crippen molar-refractivity contribution >= 4 is 6.47 Å². The molecule has 0 amide bonds. The number of hydrogen-bond acceptors (Lipinski definition) is 2. The second-order valence-electron chi connectivity index (χ2n) is 3.98. The van der Waals surface area contributed by atoms with E-state index in [1.807, 2.05) is 0 Å². The molecule has 0 unspecified atom stereocenters. The van der Waals surface area contributed by atoms with E-state index in [2.05, 4.69) is 37.7 Å². The predicted molar refractivity (Wildman–Crippen MR) is 63.7 cm³/mol. The molecule has 0 spiro atoms.